The highest BCUT2D eigenvalue weighted by molar-refractivity contribution is 7.22. The zero-order valence-electron chi connectivity index (χ0n) is 14.7. The second-order valence-corrected chi connectivity index (χ2v) is 7.24. The Balaban J connectivity index is 1.73. The number of nitrogens with zero attached hydrogens (tertiary/aromatic N) is 4. The van der Waals surface area contributed by atoms with Crippen LogP contribution in [0.5, 0.6) is 5.75 Å². The molecule has 0 aliphatic carbocycles. The summed E-state index contributed by atoms with van der Waals surface area (Å²) in [7, 11) is 3.42. The van der Waals surface area contributed by atoms with Gasteiger partial charge in [0.2, 0.25) is 0 Å². The molecule has 0 N–H and O–H groups in total. The highest BCUT2D eigenvalue weighted by atomic mass is 32.1. The molecule has 1 amide bonds. The number of rotatable bonds is 5. The average molecular weight is 372 g/mol. The van der Waals surface area contributed by atoms with Gasteiger partial charge >= 0.3 is 0 Å². The summed E-state index contributed by atoms with van der Waals surface area (Å²) in [4.78, 5) is 19.5. The first kappa shape index (κ1) is 17.0. The fourth-order valence-electron chi connectivity index (χ4n) is 3.10. The lowest BCUT2D eigenvalue weighted by Crippen LogP contribution is -2.37. The Kier molecular flexibility index (Phi) is 4.60. The Morgan fingerprint density at radius 2 is 2.35 bits per heavy atom. The number of aromatic nitrogens is 3. The molecule has 1 fully saturated rings. The number of benzene rings is 1. The number of para-hydroxylation sites is 1. The number of aryl methyl sites for hydroxylation is 1. The van der Waals surface area contributed by atoms with Crippen molar-refractivity contribution < 1.29 is 14.3 Å². The Labute approximate surface area is 155 Å². The minimum Gasteiger partial charge on any atom is -0.494 e. The molecule has 1 aromatic carbocycles. The van der Waals surface area contributed by atoms with E-state index in [1.54, 1.807) is 36.0 Å². The molecular formula is C18H20N4O3S. The molecule has 26 heavy (non-hydrogen) atoms. The number of ether oxygens (including phenoxy) is 2. The maximum absolute atomic E-state index is 13.1. The van der Waals surface area contributed by atoms with Crippen molar-refractivity contribution in [3.05, 3.63) is 36.2 Å². The van der Waals surface area contributed by atoms with Gasteiger partial charge in [0.05, 0.1) is 24.5 Å². The van der Waals surface area contributed by atoms with Crippen LogP contribution in [0, 0.1) is 0 Å². The molecule has 3 heterocycles. The van der Waals surface area contributed by atoms with Gasteiger partial charge in [-0.05, 0) is 31.0 Å². The van der Waals surface area contributed by atoms with Crippen LogP contribution in [0.2, 0.25) is 0 Å². The monoisotopic (exact) mass is 372 g/mol. The summed E-state index contributed by atoms with van der Waals surface area (Å²) in [6.07, 6.45) is 3.75. The normalized spacial score (nSPS) is 16.9. The first-order valence-electron chi connectivity index (χ1n) is 8.52. The van der Waals surface area contributed by atoms with Crippen LogP contribution in [0.3, 0.4) is 0 Å². The molecule has 0 unspecified atom stereocenters. The smallest absolute Gasteiger partial charge is 0.280 e. The van der Waals surface area contributed by atoms with Gasteiger partial charge in [-0.3, -0.25) is 14.4 Å². The van der Waals surface area contributed by atoms with Crippen molar-refractivity contribution in [1.82, 2.24) is 14.8 Å². The summed E-state index contributed by atoms with van der Waals surface area (Å²) >= 11 is 1.47. The third-order valence-electron chi connectivity index (χ3n) is 4.41. The fraction of sp³-hybridized carbons (Fsp3) is 0.389. The van der Waals surface area contributed by atoms with Crippen molar-refractivity contribution in [3.63, 3.8) is 0 Å². The topological polar surface area (TPSA) is 69.5 Å². The summed E-state index contributed by atoms with van der Waals surface area (Å²) < 4.78 is 13.8. The second kappa shape index (κ2) is 7.05. The average Bonchev–Trinajstić information content (AvgIpc) is 3.38. The van der Waals surface area contributed by atoms with Crippen LogP contribution < -0.4 is 9.64 Å². The molecule has 3 aromatic rings. The number of amides is 1. The van der Waals surface area contributed by atoms with E-state index in [1.807, 2.05) is 18.2 Å². The van der Waals surface area contributed by atoms with E-state index in [0.717, 1.165) is 29.7 Å². The van der Waals surface area contributed by atoms with E-state index in [-0.39, 0.29) is 12.0 Å². The molecule has 0 bridgehead atoms. The zero-order chi connectivity index (χ0) is 18.1. The molecule has 1 atom stereocenters. The number of methoxy groups -OCH3 is 1. The molecule has 1 aliphatic rings. The summed E-state index contributed by atoms with van der Waals surface area (Å²) in [6, 6.07) is 7.50. The van der Waals surface area contributed by atoms with E-state index < -0.39 is 0 Å². The van der Waals surface area contributed by atoms with Crippen LogP contribution in [-0.4, -0.2) is 47.0 Å². The standard InChI is InChI=1S/C18H20N4O3S/c1-21-9-8-13(20-21)17(23)22(11-12-5-4-10-25-12)18-19-16-14(24-2)6-3-7-15(16)26-18/h3,6-9,12H,4-5,10-11H2,1-2H3/t12-/m1/s1. The fourth-order valence-corrected chi connectivity index (χ4v) is 4.09. The molecule has 0 saturated carbocycles. The van der Waals surface area contributed by atoms with E-state index >= 15 is 0 Å². The third-order valence-corrected chi connectivity index (χ3v) is 5.45. The molecule has 1 aliphatic heterocycles. The Bertz CT molecular complexity index is 930. The molecule has 1 saturated heterocycles. The Morgan fingerprint density at radius 1 is 1.46 bits per heavy atom. The summed E-state index contributed by atoms with van der Waals surface area (Å²) in [5.41, 5.74) is 1.16. The van der Waals surface area contributed by atoms with Crippen molar-refractivity contribution in [2.24, 2.45) is 7.05 Å². The second-order valence-electron chi connectivity index (χ2n) is 6.23. The van der Waals surface area contributed by atoms with E-state index in [2.05, 4.69) is 10.1 Å². The molecular weight excluding hydrogens is 352 g/mol. The van der Waals surface area contributed by atoms with Gasteiger partial charge in [0.15, 0.2) is 10.8 Å². The predicted molar refractivity (Wildman–Crippen MR) is 100 cm³/mol. The molecule has 136 valence electrons. The van der Waals surface area contributed by atoms with Crippen LogP contribution in [-0.2, 0) is 11.8 Å². The number of anilines is 1. The van der Waals surface area contributed by atoms with E-state index in [0.29, 0.717) is 23.1 Å². The minimum absolute atomic E-state index is 0.0246. The number of fused-ring (bicyclic) bond motifs is 1. The van der Waals surface area contributed by atoms with E-state index in [9.17, 15) is 4.79 Å². The van der Waals surface area contributed by atoms with Crippen molar-refractivity contribution in [3.8, 4) is 5.75 Å². The van der Waals surface area contributed by atoms with Crippen molar-refractivity contribution in [2.75, 3.05) is 25.2 Å². The van der Waals surface area contributed by atoms with Crippen LogP contribution in [0.15, 0.2) is 30.5 Å². The quantitative estimate of drug-likeness (QED) is 0.689. The highest BCUT2D eigenvalue weighted by Crippen LogP contribution is 2.35. The number of hydrogen-bond donors (Lipinski definition) is 0. The molecule has 7 nitrogen and oxygen atoms in total. The third kappa shape index (κ3) is 3.17. The molecule has 0 spiro atoms. The minimum atomic E-state index is -0.167. The number of carbonyl (C=O) groups is 1. The van der Waals surface area contributed by atoms with Gasteiger partial charge in [-0.1, -0.05) is 17.4 Å². The summed E-state index contributed by atoms with van der Waals surface area (Å²) in [5.74, 6) is 0.534. The maximum Gasteiger partial charge on any atom is 0.280 e. The van der Waals surface area contributed by atoms with Crippen LogP contribution in [0.4, 0.5) is 5.13 Å². The Hall–Kier alpha value is -2.45. The van der Waals surface area contributed by atoms with Gasteiger partial charge in [-0.15, -0.1) is 0 Å². The van der Waals surface area contributed by atoms with Gasteiger partial charge in [0.25, 0.3) is 5.91 Å². The molecule has 0 radical (unpaired) electrons. The lowest BCUT2D eigenvalue weighted by Gasteiger charge is -2.22. The van der Waals surface area contributed by atoms with Gasteiger partial charge in [-0.2, -0.15) is 5.10 Å². The lowest BCUT2D eigenvalue weighted by atomic mass is 10.2. The number of thiazole rings is 1. The maximum atomic E-state index is 13.1. The molecule has 4 rings (SSSR count). The Morgan fingerprint density at radius 3 is 3.04 bits per heavy atom. The lowest BCUT2D eigenvalue weighted by molar-refractivity contribution is 0.0913. The highest BCUT2D eigenvalue weighted by Gasteiger charge is 2.28. The van der Waals surface area contributed by atoms with Gasteiger partial charge in [-0.25, -0.2) is 4.98 Å². The largest absolute Gasteiger partial charge is 0.494 e. The summed E-state index contributed by atoms with van der Waals surface area (Å²) in [6.45, 7) is 1.21. The molecule has 2 aromatic heterocycles. The summed E-state index contributed by atoms with van der Waals surface area (Å²) in [5, 5.41) is 4.89. The zero-order valence-corrected chi connectivity index (χ0v) is 15.5. The van der Waals surface area contributed by atoms with E-state index in [4.69, 9.17) is 9.47 Å². The van der Waals surface area contributed by atoms with Crippen molar-refractivity contribution in [1.29, 1.82) is 0 Å². The van der Waals surface area contributed by atoms with Gasteiger partial charge in [0, 0.05) is 19.9 Å². The number of carbonyl (C=O) groups excluding carboxylic acids is 1. The van der Waals surface area contributed by atoms with Crippen LogP contribution in [0.25, 0.3) is 10.2 Å². The van der Waals surface area contributed by atoms with Gasteiger partial charge < -0.3 is 9.47 Å². The van der Waals surface area contributed by atoms with Crippen molar-refractivity contribution >= 4 is 32.6 Å². The number of hydrogen-bond acceptors (Lipinski definition) is 6. The SMILES string of the molecule is COc1cccc2sc(N(C[C@H]3CCCO3)C(=O)c3ccn(C)n3)nc12. The van der Waals surface area contributed by atoms with Gasteiger partial charge in [0.1, 0.15) is 11.3 Å². The van der Waals surface area contributed by atoms with Crippen LogP contribution >= 0.6 is 11.3 Å². The predicted octanol–water partition coefficient (Wildman–Crippen LogP) is 2.86. The first-order valence-corrected chi connectivity index (χ1v) is 9.34. The van der Waals surface area contributed by atoms with Crippen LogP contribution in [0.1, 0.15) is 23.3 Å². The van der Waals surface area contributed by atoms with E-state index in [1.165, 1.54) is 11.3 Å². The van der Waals surface area contributed by atoms with Crippen molar-refractivity contribution in [2.45, 2.75) is 18.9 Å². The first-order chi connectivity index (χ1) is 12.7. The molecule has 8 heteroatoms.